The first-order valence-electron chi connectivity index (χ1n) is 7.02. The van der Waals surface area contributed by atoms with E-state index in [-0.39, 0.29) is 5.91 Å². The fourth-order valence-electron chi connectivity index (χ4n) is 2.73. The van der Waals surface area contributed by atoms with E-state index < -0.39 is 6.03 Å². The molecule has 1 fully saturated rings. The lowest BCUT2D eigenvalue weighted by atomic mass is 10.2. The largest absolute Gasteiger partial charge is 0.346 e. The van der Waals surface area contributed by atoms with E-state index in [1.165, 1.54) is 15.9 Å². The zero-order valence-electron chi connectivity index (χ0n) is 12.1. The van der Waals surface area contributed by atoms with Gasteiger partial charge in [0.05, 0.1) is 22.1 Å². The van der Waals surface area contributed by atoms with E-state index in [0.29, 0.717) is 32.9 Å². The predicted molar refractivity (Wildman–Crippen MR) is 92.3 cm³/mol. The lowest BCUT2D eigenvalue weighted by molar-refractivity contribution is -0.113. The number of hydrogen-bond donors (Lipinski definition) is 2. The van der Waals surface area contributed by atoms with E-state index in [1.54, 1.807) is 42.5 Å². The van der Waals surface area contributed by atoms with Crippen LogP contribution < -0.4 is 20.7 Å². The molecule has 2 heterocycles. The summed E-state index contributed by atoms with van der Waals surface area (Å²) in [6.45, 7) is 0. The molecule has 2 aliphatic heterocycles. The van der Waals surface area contributed by atoms with E-state index in [4.69, 9.17) is 23.2 Å². The van der Waals surface area contributed by atoms with Crippen molar-refractivity contribution in [1.82, 2.24) is 10.9 Å². The molecule has 0 bridgehead atoms. The smallest absolute Gasteiger partial charge is 0.281 e. The Bertz CT molecular complexity index is 913. The molecule has 8 heteroatoms. The molecule has 0 aliphatic carbocycles. The van der Waals surface area contributed by atoms with Gasteiger partial charge in [-0.1, -0.05) is 35.3 Å². The monoisotopic (exact) mass is 360 g/mol. The highest BCUT2D eigenvalue weighted by Gasteiger charge is 2.36. The van der Waals surface area contributed by atoms with Gasteiger partial charge in [0, 0.05) is 11.1 Å². The number of nitrogens with one attached hydrogen (secondary N) is 2. The Hall–Kier alpha value is -2.70. The van der Waals surface area contributed by atoms with Gasteiger partial charge in [-0.15, -0.1) is 0 Å². The fourth-order valence-corrected chi connectivity index (χ4v) is 3.11. The number of hydrogen-bond acceptors (Lipinski definition) is 3. The molecule has 3 amide bonds. The van der Waals surface area contributed by atoms with E-state index >= 15 is 0 Å². The zero-order valence-corrected chi connectivity index (χ0v) is 13.6. The van der Waals surface area contributed by atoms with Crippen LogP contribution in [0.1, 0.15) is 0 Å². The molecular weight excluding hydrogens is 351 g/mol. The summed E-state index contributed by atoms with van der Waals surface area (Å²) in [6, 6.07) is 11.6. The molecule has 6 nitrogen and oxygen atoms in total. The van der Waals surface area contributed by atoms with Gasteiger partial charge in [-0.25, -0.2) is 15.1 Å². The van der Waals surface area contributed by atoms with Gasteiger partial charge in [-0.2, -0.15) is 0 Å². The Morgan fingerprint density at radius 3 is 2.42 bits per heavy atom. The number of para-hydroxylation sites is 1. The molecule has 0 saturated carbocycles. The molecule has 2 aliphatic rings. The van der Waals surface area contributed by atoms with Gasteiger partial charge < -0.3 is 0 Å². The molecule has 2 aromatic carbocycles. The average Bonchev–Trinajstić information content (AvgIpc) is 2.85. The summed E-state index contributed by atoms with van der Waals surface area (Å²) in [5.41, 5.74) is 6.65. The van der Waals surface area contributed by atoms with Gasteiger partial charge in [-0.3, -0.25) is 15.1 Å². The van der Waals surface area contributed by atoms with Crippen LogP contribution in [0.4, 0.5) is 21.9 Å². The Balaban J connectivity index is 2.00. The maximum Gasteiger partial charge on any atom is 0.346 e. The zero-order chi connectivity index (χ0) is 16.8. The van der Waals surface area contributed by atoms with Crippen molar-refractivity contribution in [3.8, 4) is 0 Å². The first-order chi connectivity index (χ1) is 11.6. The number of hydrazine groups is 1. The predicted octanol–water partition coefficient (Wildman–Crippen LogP) is 3.55. The third-order valence-electron chi connectivity index (χ3n) is 3.73. The SMILES string of the molecule is O=C1NNC2=CC(=O)N(c3ccccc3Cl)c3cc(Cl)ccc3N12. The van der Waals surface area contributed by atoms with Gasteiger partial charge in [-0.05, 0) is 30.3 Å². The van der Waals surface area contributed by atoms with Gasteiger partial charge >= 0.3 is 6.03 Å². The number of rotatable bonds is 1. The van der Waals surface area contributed by atoms with Crippen molar-refractivity contribution in [1.29, 1.82) is 0 Å². The molecule has 0 spiro atoms. The fraction of sp³-hybridized carbons (Fsp3) is 0. The quantitative estimate of drug-likeness (QED) is 0.817. The van der Waals surface area contributed by atoms with Crippen molar-refractivity contribution in [2.45, 2.75) is 0 Å². The van der Waals surface area contributed by atoms with Crippen LogP contribution >= 0.6 is 23.2 Å². The highest BCUT2D eigenvalue weighted by atomic mass is 35.5. The van der Waals surface area contributed by atoms with Crippen molar-refractivity contribution < 1.29 is 9.59 Å². The van der Waals surface area contributed by atoms with Gasteiger partial charge in [0.1, 0.15) is 5.82 Å². The number of carbonyl (C=O) groups excluding carboxylic acids is 2. The summed E-state index contributed by atoms with van der Waals surface area (Å²) in [6.07, 6.45) is 1.33. The van der Waals surface area contributed by atoms with Crippen LogP contribution in [-0.2, 0) is 4.79 Å². The van der Waals surface area contributed by atoms with Crippen LogP contribution in [0.5, 0.6) is 0 Å². The third-order valence-corrected chi connectivity index (χ3v) is 4.29. The van der Waals surface area contributed by atoms with Crippen molar-refractivity contribution in [3.05, 3.63) is 64.4 Å². The lowest BCUT2D eigenvalue weighted by Gasteiger charge is -2.25. The highest BCUT2D eigenvalue weighted by Crippen LogP contribution is 2.42. The standard InChI is InChI=1S/C16H10Cl2N4O2/c17-9-5-6-12-13(7-9)21(11-4-2-1-3-10(11)18)15(23)8-14-19-20-16(24)22(12)14/h1-8,19H,(H,20,24). The average molecular weight is 361 g/mol. The van der Waals surface area contributed by atoms with Gasteiger partial charge in [0.2, 0.25) is 0 Å². The second kappa shape index (κ2) is 5.43. The van der Waals surface area contributed by atoms with E-state index in [2.05, 4.69) is 10.9 Å². The van der Waals surface area contributed by atoms with E-state index in [9.17, 15) is 9.59 Å². The minimum atomic E-state index is -0.390. The lowest BCUT2D eigenvalue weighted by Crippen LogP contribution is -2.30. The molecule has 0 unspecified atom stereocenters. The molecule has 0 radical (unpaired) electrons. The Morgan fingerprint density at radius 1 is 0.833 bits per heavy atom. The normalized spacial score (nSPS) is 16.0. The first-order valence-corrected chi connectivity index (χ1v) is 7.78. The summed E-state index contributed by atoms with van der Waals surface area (Å²) >= 11 is 12.4. The van der Waals surface area contributed by atoms with Crippen molar-refractivity contribution >= 4 is 52.2 Å². The number of benzene rings is 2. The van der Waals surface area contributed by atoms with Crippen LogP contribution in [0.2, 0.25) is 10.0 Å². The molecule has 4 rings (SSSR count). The van der Waals surface area contributed by atoms with E-state index in [1.807, 2.05) is 0 Å². The Labute approximate surface area is 147 Å². The first kappa shape index (κ1) is 14.9. The minimum Gasteiger partial charge on any atom is -0.281 e. The summed E-state index contributed by atoms with van der Waals surface area (Å²) in [4.78, 5) is 27.8. The molecule has 2 N–H and O–H groups in total. The molecule has 1 saturated heterocycles. The highest BCUT2D eigenvalue weighted by molar-refractivity contribution is 6.35. The minimum absolute atomic E-state index is 0.336. The summed E-state index contributed by atoms with van der Waals surface area (Å²) < 4.78 is 0. The number of urea groups is 1. The Morgan fingerprint density at radius 2 is 1.62 bits per heavy atom. The summed E-state index contributed by atoms with van der Waals surface area (Å²) in [5.74, 6) is -0.0174. The second-order valence-corrected chi connectivity index (χ2v) is 6.02. The second-order valence-electron chi connectivity index (χ2n) is 5.18. The number of amides is 3. The molecule has 24 heavy (non-hydrogen) atoms. The number of halogens is 2. The topological polar surface area (TPSA) is 64.7 Å². The maximum atomic E-state index is 12.8. The molecule has 2 aromatic rings. The summed E-state index contributed by atoms with van der Waals surface area (Å²) in [5, 5.41) is 0.851. The Kier molecular flexibility index (Phi) is 3.37. The van der Waals surface area contributed by atoms with Crippen LogP contribution in [0.15, 0.2) is 54.4 Å². The van der Waals surface area contributed by atoms with Crippen molar-refractivity contribution in [2.24, 2.45) is 0 Å². The van der Waals surface area contributed by atoms with Gasteiger partial charge in [0.25, 0.3) is 5.91 Å². The third kappa shape index (κ3) is 2.19. The van der Waals surface area contributed by atoms with E-state index in [0.717, 1.165) is 0 Å². The molecule has 0 atom stereocenters. The van der Waals surface area contributed by atoms with Crippen LogP contribution in [-0.4, -0.2) is 11.9 Å². The van der Waals surface area contributed by atoms with Crippen molar-refractivity contribution in [2.75, 3.05) is 9.80 Å². The maximum absolute atomic E-state index is 12.8. The molecule has 120 valence electrons. The van der Waals surface area contributed by atoms with Crippen LogP contribution in [0.3, 0.4) is 0 Å². The molecule has 0 aromatic heterocycles. The number of anilines is 3. The van der Waals surface area contributed by atoms with Crippen LogP contribution in [0, 0.1) is 0 Å². The van der Waals surface area contributed by atoms with Gasteiger partial charge in [0.15, 0.2) is 0 Å². The number of carbonyl (C=O) groups is 2. The number of nitrogens with zero attached hydrogens (tertiary/aromatic N) is 2. The molecular formula is C16H10Cl2N4O2. The van der Waals surface area contributed by atoms with Crippen molar-refractivity contribution in [3.63, 3.8) is 0 Å². The van der Waals surface area contributed by atoms with Crippen LogP contribution in [0.25, 0.3) is 0 Å². The summed E-state index contributed by atoms with van der Waals surface area (Å²) in [7, 11) is 0. The number of fused-ring (bicyclic) bond motifs is 3.